The Balaban J connectivity index is 1.97. The molecule has 1 fully saturated rings. The molecule has 1 N–H and O–H groups in total. The fourth-order valence-electron chi connectivity index (χ4n) is 2.47. The van der Waals surface area contributed by atoms with Crippen LogP contribution in [0, 0.1) is 6.92 Å². The number of rotatable bonds is 4. The van der Waals surface area contributed by atoms with Crippen molar-refractivity contribution in [3.05, 3.63) is 16.2 Å². The van der Waals surface area contributed by atoms with Gasteiger partial charge in [-0.1, -0.05) is 0 Å². The first-order valence-electron chi connectivity index (χ1n) is 6.71. The van der Waals surface area contributed by atoms with E-state index < -0.39 is 9.84 Å². The number of hydrogen-bond donors (Lipinski definition) is 1. The van der Waals surface area contributed by atoms with Gasteiger partial charge in [0.2, 0.25) is 5.82 Å². The number of aryl methyl sites for hydroxylation is 1. The Morgan fingerprint density at radius 2 is 2.29 bits per heavy atom. The number of nitrogens with one attached hydrogen (secondary N) is 1. The third kappa shape index (κ3) is 2.99. The second-order valence-corrected chi connectivity index (χ2v) is 8.43. The van der Waals surface area contributed by atoms with Crippen LogP contribution in [0.5, 0.6) is 0 Å². The highest BCUT2D eigenvalue weighted by atomic mass is 32.2. The summed E-state index contributed by atoms with van der Waals surface area (Å²) in [6, 6.07) is -0.126. The predicted molar refractivity (Wildman–Crippen MR) is 80.9 cm³/mol. The monoisotopic (exact) mass is 327 g/mol. The summed E-state index contributed by atoms with van der Waals surface area (Å²) in [6.07, 6.45) is 0.595. The number of thiazole rings is 1. The van der Waals surface area contributed by atoms with Crippen molar-refractivity contribution >= 4 is 21.2 Å². The molecule has 2 aromatic heterocycles. The summed E-state index contributed by atoms with van der Waals surface area (Å²) in [5.74, 6) is 1.68. The smallest absolute Gasteiger partial charge is 0.200 e. The van der Waals surface area contributed by atoms with E-state index in [4.69, 9.17) is 0 Å². The van der Waals surface area contributed by atoms with Gasteiger partial charge >= 0.3 is 0 Å². The molecule has 1 atom stereocenters. The zero-order valence-corrected chi connectivity index (χ0v) is 13.5. The standard InChI is InChI=1S/C12H17N5O2S2/c1-8-14-10(6-20-8)12-15-11(5-13-2)17(16-12)9-3-4-21(18,19)7-9/h6,9,13H,3-5,7H2,1-2H3. The average Bonchev–Trinajstić information content (AvgIpc) is 3.09. The van der Waals surface area contributed by atoms with Crippen molar-refractivity contribution in [1.29, 1.82) is 0 Å². The number of nitrogens with zero attached hydrogens (tertiary/aromatic N) is 4. The Bertz CT molecular complexity index is 750. The van der Waals surface area contributed by atoms with Crippen molar-refractivity contribution in [2.45, 2.75) is 25.9 Å². The zero-order valence-electron chi connectivity index (χ0n) is 11.9. The number of sulfone groups is 1. The molecule has 0 saturated carbocycles. The molecule has 9 heteroatoms. The molecular weight excluding hydrogens is 310 g/mol. The van der Waals surface area contributed by atoms with E-state index in [1.165, 1.54) is 0 Å². The minimum Gasteiger partial charge on any atom is -0.313 e. The minimum atomic E-state index is -2.95. The summed E-state index contributed by atoms with van der Waals surface area (Å²) in [4.78, 5) is 8.91. The van der Waals surface area contributed by atoms with Gasteiger partial charge < -0.3 is 5.32 Å². The number of hydrogen-bond acceptors (Lipinski definition) is 7. The molecule has 21 heavy (non-hydrogen) atoms. The maximum atomic E-state index is 11.7. The highest BCUT2D eigenvalue weighted by molar-refractivity contribution is 7.91. The first-order chi connectivity index (χ1) is 9.98. The van der Waals surface area contributed by atoms with Gasteiger partial charge in [0, 0.05) is 5.38 Å². The van der Waals surface area contributed by atoms with E-state index in [2.05, 4.69) is 20.4 Å². The summed E-state index contributed by atoms with van der Waals surface area (Å²) < 4.78 is 25.1. The van der Waals surface area contributed by atoms with Crippen LogP contribution < -0.4 is 5.32 Å². The van der Waals surface area contributed by atoms with Crippen LogP contribution in [-0.4, -0.2) is 46.7 Å². The largest absolute Gasteiger partial charge is 0.313 e. The van der Waals surface area contributed by atoms with E-state index in [-0.39, 0.29) is 17.5 Å². The lowest BCUT2D eigenvalue weighted by molar-refractivity contribution is 0.471. The summed E-state index contributed by atoms with van der Waals surface area (Å²) in [7, 11) is -1.12. The van der Waals surface area contributed by atoms with Crippen molar-refractivity contribution in [2.75, 3.05) is 18.6 Å². The molecule has 0 aliphatic carbocycles. The summed E-state index contributed by atoms with van der Waals surface area (Å²) in [5.41, 5.74) is 0.745. The molecule has 0 bridgehead atoms. The first kappa shape index (κ1) is 14.6. The normalized spacial score (nSPS) is 21.0. The van der Waals surface area contributed by atoms with E-state index in [0.717, 1.165) is 16.5 Å². The van der Waals surface area contributed by atoms with Gasteiger partial charge in [-0.25, -0.2) is 23.1 Å². The van der Waals surface area contributed by atoms with E-state index in [1.807, 2.05) is 19.4 Å². The molecule has 1 aliphatic rings. The van der Waals surface area contributed by atoms with Crippen molar-refractivity contribution in [1.82, 2.24) is 25.1 Å². The molecule has 7 nitrogen and oxygen atoms in total. The van der Waals surface area contributed by atoms with Crippen LogP contribution in [-0.2, 0) is 16.4 Å². The molecule has 0 radical (unpaired) electrons. The first-order valence-corrected chi connectivity index (χ1v) is 9.41. The fraction of sp³-hybridized carbons (Fsp3) is 0.583. The molecule has 0 amide bonds. The van der Waals surface area contributed by atoms with E-state index in [9.17, 15) is 8.42 Å². The highest BCUT2D eigenvalue weighted by Gasteiger charge is 2.31. The zero-order chi connectivity index (χ0) is 15.0. The second kappa shape index (κ2) is 5.47. The maximum Gasteiger partial charge on any atom is 0.200 e. The van der Waals surface area contributed by atoms with E-state index in [0.29, 0.717) is 18.8 Å². The topological polar surface area (TPSA) is 89.8 Å². The van der Waals surface area contributed by atoms with Crippen LogP contribution in [0.3, 0.4) is 0 Å². The summed E-state index contributed by atoms with van der Waals surface area (Å²) in [6.45, 7) is 2.48. The van der Waals surface area contributed by atoms with Crippen LogP contribution in [0.1, 0.15) is 23.3 Å². The molecule has 1 aliphatic heterocycles. The Morgan fingerprint density at radius 3 is 2.86 bits per heavy atom. The summed E-state index contributed by atoms with van der Waals surface area (Å²) in [5, 5.41) is 10.4. The quantitative estimate of drug-likeness (QED) is 0.893. The van der Waals surface area contributed by atoms with Gasteiger partial charge in [0.15, 0.2) is 9.84 Å². The molecular formula is C12H17N5O2S2. The SMILES string of the molecule is CNCc1nc(-c2csc(C)n2)nn1C1CCS(=O)(=O)C1. The van der Waals surface area contributed by atoms with Crippen molar-refractivity contribution in [3.63, 3.8) is 0 Å². The van der Waals surface area contributed by atoms with Crippen molar-refractivity contribution < 1.29 is 8.42 Å². The Kier molecular flexibility index (Phi) is 3.80. The molecule has 0 aromatic carbocycles. The van der Waals surface area contributed by atoms with Crippen molar-refractivity contribution in [3.8, 4) is 11.5 Å². The lowest BCUT2D eigenvalue weighted by Gasteiger charge is -2.10. The summed E-state index contributed by atoms with van der Waals surface area (Å²) >= 11 is 1.55. The minimum absolute atomic E-state index is 0.126. The number of aromatic nitrogens is 4. The van der Waals surface area contributed by atoms with Crippen LogP contribution in [0.2, 0.25) is 0 Å². The molecule has 2 aromatic rings. The van der Waals surface area contributed by atoms with E-state index in [1.54, 1.807) is 16.0 Å². The molecule has 3 heterocycles. The lowest BCUT2D eigenvalue weighted by Crippen LogP contribution is -2.19. The molecule has 1 saturated heterocycles. The lowest BCUT2D eigenvalue weighted by atomic mass is 10.3. The molecule has 3 rings (SSSR count). The van der Waals surface area contributed by atoms with Gasteiger partial charge in [0.05, 0.1) is 29.1 Å². The average molecular weight is 327 g/mol. The van der Waals surface area contributed by atoms with Gasteiger partial charge in [0.25, 0.3) is 0 Å². The Labute approximate surface area is 127 Å². The third-order valence-corrected chi connectivity index (χ3v) is 5.96. The fourth-order valence-corrected chi connectivity index (χ4v) is 4.75. The van der Waals surface area contributed by atoms with Crippen LogP contribution in [0.25, 0.3) is 11.5 Å². The van der Waals surface area contributed by atoms with Gasteiger partial charge in [-0.05, 0) is 20.4 Å². The highest BCUT2D eigenvalue weighted by Crippen LogP contribution is 2.26. The third-order valence-electron chi connectivity index (χ3n) is 3.44. The van der Waals surface area contributed by atoms with Gasteiger partial charge in [-0.2, -0.15) is 0 Å². The second-order valence-electron chi connectivity index (χ2n) is 5.14. The van der Waals surface area contributed by atoms with Gasteiger partial charge in [-0.15, -0.1) is 16.4 Å². The van der Waals surface area contributed by atoms with Gasteiger partial charge in [-0.3, -0.25) is 0 Å². The molecule has 0 spiro atoms. The molecule has 114 valence electrons. The van der Waals surface area contributed by atoms with Crippen molar-refractivity contribution in [2.24, 2.45) is 0 Å². The molecule has 1 unspecified atom stereocenters. The predicted octanol–water partition coefficient (Wildman–Crippen LogP) is 0.789. The van der Waals surface area contributed by atoms with Crippen LogP contribution in [0.4, 0.5) is 0 Å². The van der Waals surface area contributed by atoms with E-state index >= 15 is 0 Å². The maximum absolute atomic E-state index is 11.7. The Hall–Kier alpha value is -1.32. The van der Waals surface area contributed by atoms with Gasteiger partial charge in [0.1, 0.15) is 11.5 Å². The van der Waals surface area contributed by atoms with Crippen LogP contribution in [0.15, 0.2) is 5.38 Å². The Morgan fingerprint density at radius 1 is 1.48 bits per heavy atom. The van der Waals surface area contributed by atoms with Crippen LogP contribution >= 0.6 is 11.3 Å².